The van der Waals surface area contributed by atoms with Crippen LogP contribution in [-0.4, -0.2) is 15.0 Å². The third kappa shape index (κ3) is 1.35. The zero-order chi connectivity index (χ0) is 9.97. The molecule has 4 N–H and O–H groups in total. The first kappa shape index (κ1) is 8.43. The number of rotatable bonds is 1. The number of anilines is 2. The van der Waals surface area contributed by atoms with Crippen molar-refractivity contribution in [3.63, 3.8) is 0 Å². The number of nitrogens with two attached hydrogens (primary N) is 2. The molecule has 0 atom stereocenters. The van der Waals surface area contributed by atoms with Crippen LogP contribution in [0.2, 0.25) is 0 Å². The van der Waals surface area contributed by atoms with Gasteiger partial charge in [-0.25, -0.2) is 15.0 Å². The summed E-state index contributed by atoms with van der Waals surface area (Å²) in [5, 5.41) is 0. The molecule has 0 radical (unpaired) electrons. The van der Waals surface area contributed by atoms with Crippen LogP contribution in [0.5, 0.6) is 0 Å². The normalized spacial score (nSPS) is 10.0. The summed E-state index contributed by atoms with van der Waals surface area (Å²) in [4.78, 5) is 11.7. The first-order valence-corrected chi connectivity index (χ1v) is 4.05. The highest BCUT2D eigenvalue weighted by molar-refractivity contribution is 5.82. The number of aromatic nitrogens is 3. The third-order valence-corrected chi connectivity index (χ3v) is 1.85. The van der Waals surface area contributed by atoms with Crippen molar-refractivity contribution in [2.75, 3.05) is 11.5 Å². The molecule has 0 saturated carbocycles. The molecule has 0 aliphatic carbocycles. The van der Waals surface area contributed by atoms with Gasteiger partial charge >= 0.3 is 0 Å². The molecule has 0 spiro atoms. The standard InChI is InChI=1S/C9H9N5/c10-6-2-1-3-7(11)8(6)9-13-4-12-5-14-9/h1-5H,10-11H2. The van der Waals surface area contributed by atoms with Crippen molar-refractivity contribution < 1.29 is 0 Å². The maximum absolute atomic E-state index is 5.77. The largest absolute Gasteiger partial charge is 0.398 e. The smallest absolute Gasteiger partial charge is 0.166 e. The first-order chi connectivity index (χ1) is 6.79. The highest BCUT2D eigenvalue weighted by atomic mass is 15.0. The molecule has 1 heterocycles. The Kier molecular flexibility index (Phi) is 1.98. The van der Waals surface area contributed by atoms with Crippen molar-refractivity contribution in [2.24, 2.45) is 0 Å². The molecule has 0 bridgehead atoms. The van der Waals surface area contributed by atoms with Crippen molar-refractivity contribution >= 4 is 11.4 Å². The second-order valence-corrected chi connectivity index (χ2v) is 2.77. The zero-order valence-electron chi connectivity index (χ0n) is 7.38. The minimum atomic E-state index is 0.496. The predicted molar refractivity (Wildman–Crippen MR) is 54.1 cm³/mol. The highest BCUT2D eigenvalue weighted by Crippen LogP contribution is 2.27. The fourth-order valence-corrected chi connectivity index (χ4v) is 1.22. The van der Waals surface area contributed by atoms with Gasteiger partial charge in [0.15, 0.2) is 5.82 Å². The number of nitrogen functional groups attached to an aromatic ring is 2. The Bertz CT molecular complexity index is 420. The minimum Gasteiger partial charge on any atom is -0.398 e. The number of benzene rings is 1. The summed E-state index contributed by atoms with van der Waals surface area (Å²) < 4.78 is 0. The summed E-state index contributed by atoms with van der Waals surface area (Å²) in [5.41, 5.74) is 13.3. The third-order valence-electron chi connectivity index (χ3n) is 1.85. The van der Waals surface area contributed by atoms with E-state index in [-0.39, 0.29) is 0 Å². The predicted octanol–water partition coefficient (Wildman–Crippen LogP) is 0.703. The van der Waals surface area contributed by atoms with Gasteiger partial charge in [-0.15, -0.1) is 0 Å². The lowest BCUT2D eigenvalue weighted by molar-refractivity contribution is 1.06. The van der Waals surface area contributed by atoms with Gasteiger partial charge in [0, 0.05) is 11.4 Å². The molecule has 2 aromatic rings. The van der Waals surface area contributed by atoms with E-state index in [1.165, 1.54) is 12.7 Å². The summed E-state index contributed by atoms with van der Waals surface area (Å²) in [5.74, 6) is 0.496. The van der Waals surface area contributed by atoms with Crippen LogP contribution in [-0.2, 0) is 0 Å². The van der Waals surface area contributed by atoms with E-state index in [1.54, 1.807) is 18.2 Å². The summed E-state index contributed by atoms with van der Waals surface area (Å²) >= 11 is 0. The fraction of sp³-hybridized carbons (Fsp3) is 0. The van der Waals surface area contributed by atoms with Crippen LogP contribution in [0.25, 0.3) is 11.4 Å². The second kappa shape index (κ2) is 3.29. The SMILES string of the molecule is Nc1cccc(N)c1-c1ncncn1. The average Bonchev–Trinajstić information content (AvgIpc) is 2.19. The molecule has 0 aliphatic rings. The van der Waals surface area contributed by atoms with Gasteiger partial charge in [0.25, 0.3) is 0 Å². The van der Waals surface area contributed by atoms with Crippen LogP contribution in [0.1, 0.15) is 0 Å². The Balaban J connectivity index is 2.63. The number of hydrogen-bond acceptors (Lipinski definition) is 5. The molecule has 5 nitrogen and oxygen atoms in total. The monoisotopic (exact) mass is 187 g/mol. The van der Waals surface area contributed by atoms with E-state index < -0.39 is 0 Å². The van der Waals surface area contributed by atoms with Gasteiger partial charge in [0.2, 0.25) is 0 Å². The molecular weight excluding hydrogens is 178 g/mol. The van der Waals surface area contributed by atoms with Crippen molar-refractivity contribution in [1.82, 2.24) is 15.0 Å². The van der Waals surface area contributed by atoms with Gasteiger partial charge in [-0.3, -0.25) is 0 Å². The van der Waals surface area contributed by atoms with Crippen molar-refractivity contribution in [3.8, 4) is 11.4 Å². The maximum atomic E-state index is 5.77. The van der Waals surface area contributed by atoms with Gasteiger partial charge in [-0.05, 0) is 12.1 Å². The molecule has 1 aromatic heterocycles. The van der Waals surface area contributed by atoms with Crippen LogP contribution in [0.3, 0.4) is 0 Å². The molecule has 0 unspecified atom stereocenters. The Labute approximate surface area is 80.8 Å². The molecule has 0 saturated heterocycles. The molecular formula is C9H9N5. The molecule has 70 valence electrons. The van der Waals surface area contributed by atoms with E-state index in [0.717, 1.165) is 0 Å². The van der Waals surface area contributed by atoms with E-state index in [4.69, 9.17) is 11.5 Å². The highest BCUT2D eigenvalue weighted by Gasteiger charge is 2.08. The number of nitrogens with zero attached hydrogens (tertiary/aromatic N) is 3. The Hall–Kier alpha value is -2.17. The molecule has 0 aliphatic heterocycles. The zero-order valence-corrected chi connectivity index (χ0v) is 7.38. The molecule has 0 amide bonds. The summed E-state index contributed by atoms with van der Waals surface area (Å²) in [7, 11) is 0. The first-order valence-electron chi connectivity index (χ1n) is 4.05. The van der Waals surface area contributed by atoms with Crippen molar-refractivity contribution in [2.45, 2.75) is 0 Å². The van der Waals surface area contributed by atoms with Crippen molar-refractivity contribution in [3.05, 3.63) is 30.9 Å². The van der Waals surface area contributed by atoms with E-state index in [0.29, 0.717) is 22.8 Å². The van der Waals surface area contributed by atoms with E-state index >= 15 is 0 Å². The maximum Gasteiger partial charge on any atom is 0.166 e. The Morgan fingerprint density at radius 2 is 1.50 bits per heavy atom. The topological polar surface area (TPSA) is 90.7 Å². The number of hydrogen-bond donors (Lipinski definition) is 2. The quantitative estimate of drug-likeness (QED) is 0.641. The van der Waals surface area contributed by atoms with Crippen LogP contribution in [0.4, 0.5) is 11.4 Å². The van der Waals surface area contributed by atoms with E-state index in [1.807, 2.05) is 0 Å². The average molecular weight is 187 g/mol. The minimum absolute atomic E-state index is 0.496. The van der Waals surface area contributed by atoms with Crippen LogP contribution >= 0.6 is 0 Å². The lowest BCUT2D eigenvalue weighted by Gasteiger charge is -2.06. The van der Waals surface area contributed by atoms with Crippen LogP contribution < -0.4 is 11.5 Å². The van der Waals surface area contributed by atoms with Gasteiger partial charge in [0.05, 0.1) is 5.56 Å². The summed E-state index contributed by atoms with van der Waals surface area (Å²) in [6.07, 6.45) is 2.82. The van der Waals surface area contributed by atoms with E-state index in [2.05, 4.69) is 15.0 Å². The van der Waals surface area contributed by atoms with Crippen molar-refractivity contribution in [1.29, 1.82) is 0 Å². The second-order valence-electron chi connectivity index (χ2n) is 2.77. The van der Waals surface area contributed by atoms with Crippen LogP contribution in [0.15, 0.2) is 30.9 Å². The Morgan fingerprint density at radius 3 is 2.07 bits per heavy atom. The van der Waals surface area contributed by atoms with Crippen LogP contribution in [0, 0.1) is 0 Å². The fourth-order valence-electron chi connectivity index (χ4n) is 1.22. The summed E-state index contributed by atoms with van der Waals surface area (Å²) in [6, 6.07) is 5.31. The van der Waals surface area contributed by atoms with Gasteiger partial charge in [-0.2, -0.15) is 0 Å². The summed E-state index contributed by atoms with van der Waals surface area (Å²) in [6.45, 7) is 0. The molecule has 0 fully saturated rings. The molecule has 14 heavy (non-hydrogen) atoms. The van der Waals surface area contributed by atoms with Gasteiger partial charge < -0.3 is 11.5 Å². The molecule has 2 rings (SSSR count). The molecule has 5 heteroatoms. The van der Waals surface area contributed by atoms with Gasteiger partial charge in [-0.1, -0.05) is 6.07 Å². The Morgan fingerprint density at radius 1 is 0.929 bits per heavy atom. The van der Waals surface area contributed by atoms with E-state index in [9.17, 15) is 0 Å². The molecule has 1 aromatic carbocycles. The van der Waals surface area contributed by atoms with Gasteiger partial charge in [0.1, 0.15) is 12.7 Å². The lowest BCUT2D eigenvalue weighted by atomic mass is 10.1. The lowest BCUT2D eigenvalue weighted by Crippen LogP contribution is -1.99.